The van der Waals surface area contributed by atoms with Crippen LogP contribution in [0.25, 0.3) is 0 Å². The minimum Gasteiger partial charge on any atom is -0.459 e. The first kappa shape index (κ1) is 12.9. The number of rotatable bonds is 3. The molecule has 0 N–H and O–H groups in total. The van der Waals surface area contributed by atoms with E-state index in [1.807, 2.05) is 0 Å². The summed E-state index contributed by atoms with van der Waals surface area (Å²) in [5.74, 6) is -0.397. The topological polar surface area (TPSA) is 33.5 Å². The Labute approximate surface area is 117 Å². The molecule has 1 saturated carbocycles. The molecular formula is C16H16FNO2. The Morgan fingerprint density at radius 1 is 1.15 bits per heavy atom. The smallest absolute Gasteiger partial charge is 0.294 e. The van der Waals surface area contributed by atoms with E-state index in [0.717, 1.165) is 25.7 Å². The number of halogens is 1. The molecule has 0 atom stereocenters. The summed E-state index contributed by atoms with van der Waals surface area (Å²) in [4.78, 5) is 14.2. The van der Waals surface area contributed by atoms with Gasteiger partial charge in [0.15, 0.2) is 5.76 Å². The molecule has 1 aliphatic rings. The van der Waals surface area contributed by atoms with Crippen molar-refractivity contribution in [1.29, 1.82) is 0 Å². The highest BCUT2D eigenvalue weighted by molar-refractivity contribution is 6.04. The summed E-state index contributed by atoms with van der Waals surface area (Å²) >= 11 is 0. The van der Waals surface area contributed by atoms with Crippen LogP contribution >= 0.6 is 0 Å². The van der Waals surface area contributed by atoms with E-state index in [4.69, 9.17) is 4.42 Å². The second kappa shape index (κ2) is 5.49. The van der Waals surface area contributed by atoms with Crippen LogP contribution in [-0.4, -0.2) is 11.9 Å². The van der Waals surface area contributed by atoms with Gasteiger partial charge in [0.1, 0.15) is 5.82 Å². The summed E-state index contributed by atoms with van der Waals surface area (Å²) in [5, 5.41) is 0. The maximum absolute atomic E-state index is 14.1. The summed E-state index contributed by atoms with van der Waals surface area (Å²) in [6, 6.07) is 9.73. The number of furan rings is 1. The van der Waals surface area contributed by atoms with E-state index in [1.54, 1.807) is 35.2 Å². The second-order valence-electron chi connectivity index (χ2n) is 5.04. The predicted octanol–water partition coefficient (Wildman–Crippen LogP) is 4.01. The van der Waals surface area contributed by atoms with Crippen molar-refractivity contribution >= 4 is 11.6 Å². The van der Waals surface area contributed by atoms with Gasteiger partial charge in [0.05, 0.1) is 12.0 Å². The van der Waals surface area contributed by atoms with Gasteiger partial charge in [0.25, 0.3) is 5.91 Å². The number of hydrogen-bond acceptors (Lipinski definition) is 2. The Kier molecular flexibility index (Phi) is 3.54. The molecule has 1 amide bonds. The molecule has 0 bridgehead atoms. The van der Waals surface area contributed by atoms with Crippen molar-refractivity contribution in [3.05, 3.63) is 54.2 Å². The third-order valence-electron chi connectivity index (χ3n) is 3.75. The Morgan fingerprint density at radius 2 is 1.90 bits per heavy atom. The third kappa shape index (κ3) is 2.33. The van der Waals surface area contributed by atoms with Gasteiger partial charge in [0, 0.05) is 6.04 Å². The Hall–Kier alpha value is -2.10. The first-order valence-electron chi connectivity index (χ1n) is 6.89. The molecular weight excluding hydrogens is 257 g/mol. The van der Waals surface area contributed by atoms with Gasteiger partial charge in [-0.1, -0.05) is 25.0 Å². The molecule has 3 rings (SSSR count). The average molecular weight is 273 g/mol. The van der Waals surface area contributed by atoms with Crippen molar-refractivity contribution in [2.45, 2.75) is 31.7 Å². The zero-order valence-electron chi connectivity index (χ0n) is 11.1. The van der Waals surface area contributed by atoms with Crippen LogP contribution in [-0.2, 0) is 0 Å². The molecule has 0 aliphatic heterocycles. The van der Waals surface area contributed by atoms with E-state index in [0.29, 0.717) is 5.69 Å². The van der Waals surface area contributed by atoms with Crippen LogP contribution in [0.4, 0.5) is 10.1 Å². The molecule has 4 heteroatoms. The predicted molar refractivity (Wildman–Crippen MR) is 74.2 cm³/mol. The van der Waals surface area contributed by atoms with Crippen molar-refractivity contribution in [3.8, 4) is 0 Å². The lowest BCUT2D eigenvalue weighted by atomic mass is 10.1. The van der Waals surface area contributed by atoms with Gasteiger partial charge in [-0.2, -0.15) is 0 Å². The van der Waals surface area contributed by atoms with Crippen LogP contribution in [0.1, 0.15) is 36.2 Å². The molecule has 104 valence electrons. The standard InChI is InChI=1S/C16H16FNO2/c17-13-8-3-4-9-14(13)18(12-6-1-2-7-12)16(19)15-10-5-11-20-15/h3-5,8-12H,1-2,6-7H2. The first-order valence-corrected chi connectivity index (χ1v) is 6.89. The van der Waals surface area contributed by atoms with E-state index in [-0.39, 0.29) is 23.5 Å². The molecule has 1 aromatic carbocycles. The van der Waals surface area contributed by atoms with Gasteiger partial charge in [-0.25, -0.2) is 4.39 Å². The molecule has 3 nitrogen and oxygen atoms in total. The molecule has 0 radical (unpaired) electrons. The molecule has 1 fully saturated rings. The number of carbonyl (C=O) groups is 1. The van der Waals surface area contributed by atoms with Crippen LogP contribution in [0.2, 0.25) is 0 Å². The molecule has 0 spiro atoms. The number of para-hydroxylation sites is 1. The number of hydrogen-bond donors (Lipinski definition) is 0. The number of nitrogens with zero attached hydrogens (tertiary/aromatic N) is 1. The van der Waals surface area contributed by atoms with Crippen LogP contribution in [0.5, 0.6) is 0 Å². The van der Waals surface area contributed by atoms with Gasteiger partial charge in [0.2, 0.25) is 0 Å². The molecule has 1 heterocycles. The number of amides is 1. The zero-order valence-corrected chi connectivity index (χ0v) is 11.1. The van der Waals surface area contributed by atoms with E-state index in [2.05, 4.69) is 0 Å². The van der Waals surface area contributed by atoms with E-state index < -0.39 is 0 Å². The molecule has 1 aliphatic carbocycles. The van der Waals surface area contributed by atoms with Gasteiger partial charge < -0.3 is 4.42 Å². The zero-order chi connectivity index (χ0) is 13.9. The summed E-state index contributed by atoms with van der Waals surface area (Å²) in [5.41, 5.74) is 0.334. The average Bonchev–Trinajstić information content (AvgIpc) is 3.13. The summed E-state index contributed by atoms with van der Waals surface area (Å²) in [6.45, 7) is 0. The minimum absolute atomic E-state index is 0.0458. The highest BCUT2D eigenvalue weighted by atomic mass is 19.1. The van der Waals surface area contributed by atoms with Crippen LogP contribution < -0.4 is 4.90 Å². The van der Waals surface area contributed by atoms with Crippen molar-refractivity contribution in [2.75, 3.05) is 4.90 Å². The molecule has 0 saturated heterocycles. The first-order chi connectivity index (χ1) is 9.77. The van der Waals surface area contributed by atoms with Crippen LogP contribution in [0.3, 0.4) is 0 Å². The molecule has 1 aromatic heterocycles. The highest BCUT2D eigenvalue weighted by Gasteiger charge is 2.31. The third-order valence-corrected chi connectivity index (χ3v) is 3.75. The lowest BCUT2D eigenvalue weighted by molar-refractivity contribution is 0.0949. The maximum Gasteiger partial charge on any atom is 0.294 e. The fourth-order valence-electron chi connectivity index (χ4n) is 2.80. The van der Waals surface area contributed by atoms with Crippen molar-refractivity contribution in [3.63, 3.8) is 0 Å². The van der Waals surface area contributed by atoms with E-state index >= 15 is 0 Å². The SMILES string of the molecule is O=C(c1ccco1)N(c1ccccc1F)C1CCCC1. The maximum atomic E-state index is 14.1. The number of benzene rings is 1. The van der Waals surface area contributed by atoms with E-state index in [9.17, 15) is 9.18 Å². The quantitative estimate of drug-likeness (QED) is 0.846. The highest BCUT2D eigenvalue weighted by Crippen LogP contribution is 2.31. The summed E-state index contributed by atoms with van der Waals surface area (Å²) < 4.78 is 19.3. The summed E-state index contributed by atoms with van der Waals surface area (Å²) in [6.07, 6.45) is 5.41. The van der Waals surface area contributed by atoms with E-state index in [1.165, 1.54) is 12.3 Å². The van der Waals surface area contributed by atoms with Crippen molar-refractivity contribution in [1.82, 2.24) is 0 Å². The molecule has 2 aromatic rings. The Bertz CT molecular complexity index is 588. The monoisotopic (exact) mass is 273 g/mol. The van der Waals surface area contributed by atoms with Crippen molar-refractivity contribution < 1.29 is 13.6 Å². The fourth-order valence-corrected chi connectivity index (χ4v) is 2.80. The van der Waals surface area contributed by atoms with Crippen LogP contribution in [0, 0.1) is 5.82 Å². The lowest BCUT2D eigenvalue weighted by Crippen LogP contribution is -2.39. The number of anilines is 1. The molecule has 0 unspecified atom stereocenters. The Morgan fingerprint density at radius 3 is 2.55 bits per heavy atom. The summed E-state index contributed by atoms with van der Waals surface area (Å²) in [7, 11) is 0. The lowest BCUT2D eigenvalue weighted by Gasteiger charge is -2.28. The normalized spacial score (nSPS) is 15.4. The van der Waals surface area contributed by atoms with Gasteiger partial charge in [-0.3, -0.25) is 9.69 Å². The van der Waals surface area contributed by atoms with Crippen LogP contribution in [0.15, 0.2) is 47.1 Å². The number of carbonyl (C=O) groups excluding carboxylic acids is 1. The van der Waals surface area contributed by atoms with Gasteiger partial charge >= 0.3 is 0 Å². The largest absolute Gasteiger partial charge is 0.459 e. The van der Waals surface area contributed by atoms with Gasteiger partial charge in [-0.05, 0) is 37.1 Å². The molecule has 20 heavy (non-hydrogen) atoms. The fraction of sp³-hybridized carbons (Fsp3) is 0.312. The minimum atomic E-state index is -0.376. The Balaban J connectivity index is 2.00. The second-order valence-corrected chi connectivity index (χ2v) is 5.04. The van der Waals surface area contributed by atoms with Gasteiger partial charge in [-0.15, -0.1) is 0 Å². The van der Waals surface area contributed by atoms with Crippen molar-refractivity contribution in [2.24, 2.45) is 0 Å².